The van der Waals surface area contributed by atoms with Gasteiger partial charge in [0.15, 0.2) is 0 Å². The lowest BCUT2D eigenvalue weighted by molar-refractivity contribution is 0.0682. The number of ether oxygens (including phenoxy) is 3. The first-order chi connectivity index (χ1) is 26.5. The molecule has 2 aliphatic heterocycles. The second-order valence-corrected chi connectivity index (χ2v) is 15.9. The number of unbranched alkanes of at least 4 members (excludes halogenated alkanes) is 1. The number of aromatic nitrogens is 5. The van der Waals surface area contributed by atoms with Crippen LogP contribution in [0.4, 0.5) is 5.69 Å². The number of nitrogens with one attached hydrogen (secondary N) is 1. The normalized spacial score (nSPS) is 16.8. The van der Waals surface area contributed by atoms with E-state index in [-0.39, 0.29) is 0 Å². The summed E-state index contributed by atoms with van der Waals surface area (Å²) < 4.78 is 32.9. The van der Waals surface area contributed by atoms with Crippen molar-refractivity contribution in [2.45, 2.75) is 82.9 Å². The lowest BCUT2D eigenvalue weighted by Crippen LogP contribution is -2.34. The summed E-state index contributed by atoms with van der Waals surface area (Å²) in [5.74, 6) is 2.52. The molecule has 0 saturated carbocycles. The standard InChI is InChI=1S/C43H54N6O4S/c1-4-6-19-51-22-23-53-42-14-10-35(27-44-42)33-9-13-40-36(24-33)25-34(8-7-18-48(40)28-32-15-20-52-21-16-32)43-46-38-12-11-37(26-39(38)47-43)54(50)29-41-31(3)45-30-49(41)17-5-2/h9-14,24-27,30,32H,4-8,15-23,28-29H2,1-3H3,(H,46,47)/b34-25+. The Balaban J connectivity index is 1.15. The number of benzene rings is 2. The lowest BCUT2D eigenvalue weighted by Gasteiger charge is -2.33. The SMILES string of the molecule is CCCCOCCOc1ccc(-c2ccc3c(c2)/C=C(/c2nc4ccc(S(=O)Cc5c(C)ncn5CCC)cc4[nH]2)CCCN3CC2CCOCC2)cn1. The smallest absolute Gasteiger partial charge is 0.213 e. The fourth-order valence-electron chi connectivity index (χ4n) is 7.40. The fraction of sp³-hybridized carbons (Fsp3) is 0.465. The summed E-state index contributed by atoms with van der Waals surface area (Å²) >= 11 is 0. The largest absolute Gasteiger partial charge is 0.475 e. The highest BCUT2D eigenvalue weighted by Crippen LogP contribution is 2.36. The van der Waals surface area contributed by atoms with E-state index in [2.05, 4.69) is 68.6 Å². The number of allylic oxidation sites excluding steroid dienone is 1. The van der Waals surface area contributed by atoms with E-state index in [1.165, 1.54) is 16.8 Å². The summed E-state index contributed by atoms with van der Waals surface area (Å²) in [7, 11) is -1.21. The van der Waals surface area contributed by atoms with Gasteiger partial charge in [-0.05, 0) is 111 Å². The van der Waals surface area contributed by atoms with Crippen molar-refractivity contribution in [1.29, 1.82) is 0 Å². The van der Waals surface area contributed by atoms with E-state index in [0.717, 1.165) is 129 Å². The molecule has 0 bridgehead atoms. The van der Waals surface area contributed by atoms with Crippen LogP contribution in [0.15, 0.2) is 66.0 Å². The molecule has 1 N–H and O–H groups in total. The Morgan fingerprint density at radius 1 is 0.981 bits per heavy atom. The van der Waals surface area contributed by atoms with Gasteiger partial charge in [0, 0.05) is 67.9 Å². The van der Waals surface area contributed by atoms with Gasteiger partial charge in [-0.25, -0.2) is 15.0 Å². The van der Waals surface area contributed by atoms with E-state index in [1.54, 1.807) is 0 Å². The summed E-state index contributed by atoms with van der Waals surface area (Å²) in [6.07, 6.45) is 13.4. The van der Waals surface area contributed by atoms with Gasteiger partial charge in [0.1, 0.15) is 12.4 Å². The minimum Gasteiger partial charge on any atom is -0.475 e. The van der Waals surface area contributed by atoms with Crippen LogP contribution in [-0.4, -0.2) is 74.8 Å². The number of nitrogens with zero attached hydrogens (tertiary/aromatic N) is 5. The third kappa shape index (κ3) is 9.30. The third-order valence-electron chi connectivity index (χ3n) is 10.5. The number of fused-ring (bicyclic) bond motifs is 2. The Hall–Kier alpha value is -4.32. The number of pyridine rings is 1. The molecular formula is C43H54N6O4S. The van der Waals surface area contributed by atoms with Crippen molar-refractivity contribution in [3.63, 3.8) is 0 Å². The zero-order chi connectivity index (χ0) is 37.3. The second kappa shape index (κ2) is 18.3. The van der Waals surface area contributed by atoms with E-state index in [1.807, 2.05) is 43.7 Å². The van der Waals surface area contributed by atoms with Gasteiger partial charge in [0.05, 0.1) is 51.9 Å². The number of H-pyrrole nitrogens is 1. The summed E-state index contributed by atoms with van der Waals surface area (Å²) in [6, 6.07) is 16.7. The first-order valence-corrected chi connectivity index (χ1v) is 21.0. The van der Waals surface area contributed by atoms with Gasteiger partial charge in [-0.1, -0.05) is 26.3 Å². The summed E-state index contributed by atoms with van der Waals surface area (Å²) in [5, 5.41) is 0. The Morgan fingerprint density at radius 2 is 1.85 bits per heavy atom. The fourth-order valence-corrected chi connectivity index (χ4v) is 8.66. The van der Waals surface area contributed by atoms with Crippen LogP contribution in [0.3, 0.4) is 0 Å². The molecule has 0 amide bonds. The van der Waals surface area contributed by atoms with Crippen LogP contribution in [-0.2, 0) is 32.6 Å². The molecule has 0 aliphatic carbocycles. The van der Waals surface area contributed by atoms with Crippen LogP contribution >= 0.6 is 0 Å². The van der Waals surface area contributed by atoms with Crippen LogP contribution in [0.5, 0.6) is 5.88 Å². The molecule has 7 rings (SSSR count). The number of aryl methyl sites for hydroxylation is 2. The van der Waals surface area contributed by atoms with Crippen molar-refractivity contribution in [2.75, 3.05) is 51.0 Å². The Morgan fingerprint density at radius 3 is 2.67 bits per heavy atom. The van der Waals surface area contributed by atoms with Gasteiger partial charge in [0.25, 0.3) is 0 Å². The number of imidazole rings is 2. The Labute approximate surface area is 321 Å². The highest BCUT2D eigenvalue weighted by atomic mass is 32.2. The van der Waals surface area contributed by atoms with E-state index in [4.69, 9.17) is 19.2 Å². The van der Waals surface area contributed by atoms with Crippen LogP contribution in [0.2, 0.25) is 0 Å². The van der Waals surface area contributed by atoms with Crippen molar-refractivity contribution in [3.8, 4) is 17.0 Å². The molecule has 11 heteroatoms. The maximum atomic E-state index is 13.6. The molecule has 2 aromatic carbocycles. The van der Waals surface area contributed by atoms with Crippen molar-refractivity contribution >= 4 is 39.2 Å². The Bertz CT molecular complexity index is 2050. The van der Waals surface area contributed by atoms with E-state index in [0.29, 0.717) is 30.8 Å². The van der Waals surface area contributed by atoms with Crippen LogP contribution < -0.4 is 9.64 Å². The molecule has 3 aromatic heterocycles. The van der Waals surface area contributed by atoms with Crippen molar-refractivity contribution in [3.05, 3.63) is 83.8 Å². The van der Waals surface area contributed by atoms with Gasteiger partial charge in [-0.3, -0.25) is 4.21 Å². The molecule has 10 nitrogen and oxygen atoms in total. The number of anilines is 1. The average molecular weight is 751 g/mol. The zero-order valence-electron chi connectivity index (χ0n) is 32.0. The molecule has 1 saturated heterocycles. The highest BCUT2D eigenvalue weighted by molar-refractivity contribution is 7.84. The zero-order valence-corrected chi connectivity index (χ0v) is 32.8. The van der Waals surface area contributed by atoms with Gasteiger partial charge >= 0.3 is 0 Å². The highest BCUT2D eigenvalue weighted by Gasteiger charge is 2.23. The molecule has 0 radical (unpaired) electrons. The summed E-state index contributed by atoms with van der Waals surface area (Å²) in [4.78, 5) is 21.1. The molecule has 1 fully saturated rings. The number of hydrogen-bond donors (Lipinski definition) is 1. The molecule has 1 unspecified atom stereocenters. The molecule has 5 heterocycles. The minimum atomic E-state index is -1.21. The average Bonchev–Trinajstić information content (AvgIpc) is 3.77. The topological polar surface area (TPSA) is 107 Å². The van der Waals surface area contributed by atoms with Crippen LogP contribution in [0, 0.1) is 12.8 Å². The van der Waals surface area contributed by atoms with Gasteiger partial charge < -0.3 is 28.7 Å². The third-order valence-corrected chi connectivity index (χ3v) is 11.8. The van der Waals surface area contributed by atoms with Crippen LogP contribution in [0.1, 0.15) is 81.6 Å². The van der Waals surface area contributed by atoms with E-state index in [9.17, 15) is 4.21 Å². The molecule has 2 aliphatic rings. The maximum absolute atomic E-state index is 13.6. The summed E-state index contributed by atoms with van der Waals surface area (Å²) in [5.41, 5.74) is 9.46. The quantitative estimate of drug-likeness (QED) is 0.100. The first kappa shape index (κ1) is 38.0. The Kier molecular flexibility index (Phi) is 12.9. The molecule has 286 valence electrons. The minimum absolute atomic E-state index is 0.437. The summed E-state index contributed by atoms with van der Waals surface area (Å²) in [6.45, 7) is 12.7. The molecule has 5 aromatic rings. The first-order valence-electron chi connectivity index (χ1n) is 19.7. The van der Waals surface area contributed by atoms with Gasteiger partial charge in [-0.2, -0.15) is 0 Å². The van der Waals surface area contributed by atoms with Crippen molar-refractivity contribution in [2.24, 2.45) is 5.92 Å². The predicted molar refractivity (Wildman–Crippen MR) is 217 cm³/mol. The lowest BCUT2D eigenvalue weighted by atomic mass is 9.95. The number of aromatic amines is 1. The van der Waals surface area contributed by atoms with E-state index < -0.39 is 10.8 Å². The number of rotatable bonds is 16. The van der Waals surface area contributed by atoms with Crippen LogP contribution in [0.25, 0.3) is 33.8 Å². The van der Waals surface area contributed by atoms with Crippen molar-refractivity contribution in [1.82, 2.24) is 24.5 Å². The molecule has 54 heavy (non-hydrogen) atoms. The predicted octanol–water partition coefficient (Wildman–Crippen LogP) is 8.61. The molecule has 0 spiro atoms. The maximum Gasteiger partial charge on any atom is 0.213 e. The molecular weight excluding hydrogens is 697 g/mol. The second-order valence-electron chi connectivity index (χ2n) is 14.5. The van der Waals surface area contributed by atoms with E-state index >= 15 is 0 Å². The monoisotopic (exact) mass is 750 g/mol. The number of hydrogen-bond acceptors (Lipinski definition) is 8. The van der Waals surface area contributed by atoms with Gasteiger partial charge in [-0.15, -0.1) is 0 Å². The van der Waals surface area contributed by atoms with Gasteiger partial charge in [0.2, 0.25) is 5.88 Å². The van der Waals surface area contributed by atoms with Crippen molar-refractivity contribution < 1.29 is 18.4 Å². The molecule has 1 atom stereocenters.